The van der Waals surface area contributed by atoms with E-state index in [1.54, 1.807) is 0 Å². The highest BCUT2D eigenvalue weighted by molar-refractivity contribution is 5.79. The molecule has 25 heavy (non-hydrogen) atoms. The van der Waals surface area contributed by atoms with Crippen molar-refractivity contribution in [1.82, 2.24) is 4.90 Å². The highest BCUT2D eigenvalue weighted by Crippen LogP contribution is 2.41. The third-order valence-electron chi connectivity index (χ3n) is 6.71. The summed E-state index contributed by atoms with van der Waals surface area (Å²) < 4.78 is 6.27. The SMILES string of the molecule is CN1C[C@H]2CCC[C@@H](C1)C2OC(=O)C(c1ccccc1)C1CCCC1. The van der Waals surface area contributed by atoms with E-state index in [-0.39, 0.29) is 18.0 Å². The van der Waals surface area contributed by atoms with E-state index < -0.39 is 0 Å². The summed E-state index contributed by atoms with van der Waals surface area (Å²) in [6, 6.07) is 10.4. The summed E-state index contributed by atoms with van der Waals surface area (Å²) in [4.78, 5) is 15.7. The van der Waals surface area contributed by atoms with E-state index >= 15 is 0 Å². The number of esters is 1. The molecule has 4 rings (SSSR count). The van der Waals surface area contributed by atoms with Crippen LogP contribution in [0.1, 0.15) is 56.4 Å². The number of piperidine rings is 1. The standard InChI is InChI=1S/C22H31NO2/c1-23-14-18-12-7-13-19(15-23)21(18)25-22(24)20(17-10-5-6-11-17)16-8-3-2-4-9-16/h2-4,8-9,17-21H,5-7,10-15H2,1H3/t18-,19+,20?,21?. The normalized spacial score (nSPS) is 31.6. The molecule has 3 nitrogen and oxygen atoms in total. The van der Waals surface area contributed by atoms with Gasteiger partial charge in [0.1, 0.15) is 6.10 Å². The van der Waals surface area contributed by atoms with E-state index in [9.17, 15) is 4.79 Å². The Bertz CT molecular complexity index is 567. The van der Waals surface area contributed by atoms with Crippen LogP contribution in [0.4, 0.5) is 0 Å². The summed E-state index contributed by atoms with van der Waals surface area (Å²) in [5, 5.41) is 0. The molecule has 0 radical (unpaired) electrons. The summed E-state index contributed by atoms with van der Waals surface area (Å²) >= 11 is 0. The topological polar surface area (TPSA) is 29.5 Å². The van der Waals surface area contributed by atoms with Crippen LogP contribution in [-0.4, -0.2) is 37.1 Å². The van der Waals surface area contributed by atoms with Gasteiger partial charge in [0, 0.05) is 24.9 Å². The van der Waals surface area contributed by atoms with Crippen LogP contribution in [-0.2, 0) is 9.53 Å². The van der Waals surface area contributed by atoms with Crippen LogP contribution in [0.2, 0.25) is 0 Å². The van der Waals surface area contributed by atoms with Crippen molar-refractivity contribution in [3.63, 3.8) is 0 Å². The average Bonchev–Trinajstić information content (AvgIpc) is 3.11. The summed E-state index contributed by atoms with van der Waals surface area (Å²) in [7, 11) is 2.20. The molecule has 4 atom stereocenters. The lowest BCUT2D eigenvalue weighted by atomic mass is 9.75. The number of hydrogen-bond acceptors (Lipinski definition) is 3. The number of carbonyl (C=O) groups excluding carboxylic acids is 1. The molecule has 136 valence electrons. The van der Waals surface area contributed by atoms with Crippen molar-refractivity contribution in [2.75, 3.05) is 20.1 Å². The number of carbonyl (C=O) groups is 1. The first kappa shape index (κ1) is 17.1. The fourth-order valence-electron chi connectivity index (χ4n) is 5.57. The van der Waals surface area contributed by atoms with Crippen LogP contribution in [0.3, 0.4) is 0 Å². The van der Waals surface area contributed by atoms with E-state index in [4.69, 9.17) is 4.74 Å². The zero-order chi connectivity index (χ0) is 17.2. The molecule has 2 saturated carbocycles. The predicted molar refractivity (Wildman–Crippen MR) is 99.3 cm³/mol. The van der Waals surface area contributed by atoms with Crippen molar-refractivity contribution in [2.45, 2.75) is 57.0 Å². The summed E-state index contributed by atoms with van der Waals surface area (Å²) in [5.74, 6) is 1.50. The quantitative estimate of drug-likeness (QED) is 0.768. The molecule has 2 bridgehead atoms. The Labute approximate surface area is 151 Å². The maximum Gasteiger partial charge on any atom is 0.313 e. The Balaban J connectivity index is 1.52. The van der Waals surface area contributed by atoms with E-state index in [1.165, 1.54) is 32.1 Å². The molecule has 2 unspecified atom stereocenters. The molecule has 1 aliphatic heterocycles. The van der Waals surface area contributed by atoms with E-state index in [1.807, 2.05) is 6.07 Å². The Kier molecular flexibility index (Phi) is 5.12. The van der Waals surface area contributed by atoms with Gasteiger partial charge in [-0.25, -0.2) is 0 Å². The monoisotopic (exact) mass is 341 g/mol. The predicted octanol–water partition coefficient (Wildman–Crippen LogP) is 4.23. The first-order valence-electron chi connectivity index (χ1n) is 10.2. The number of likely N-dealkylation sites (tertiary alicyclic amines) is 1. The first-order chi connectivity index (χ1) is 12.2. The zero-order valence-corrected chi connectivity index (χ0v) is 15.4. The second kappa shape index (κ2) is 7.49. The molecule has 1 heterocycles. The first-order valence-corrected chi connectivity index (χ1v) is 10.2. The fraction of sp³-hybridized carbons (Fsp3) is 0.682. The molecule has 3 fully saturated rings. The van der Waals surface area contributed by atoms with E-state index in [2.05, 4.69) is 36.2 Å². The Morgan fingerprint density at radius 2 is 1.64 bits per heavy atom. The van der Waals surface area contributed by atoms with Crippen LogP contribution in [0.15, 0.2) is 30.3 Å². The highest BCUT2D eigenvalue weighted by Gasteiger charge is 2.43. The second-order valence-corrected chi connectivity index (χ2v) is 8.51. The Morgan fingerprint density at radius 3 is 2.28 bits per heavy atom. The number of hydrogen-bond donors (Lipinski definition) is 0. The molecule has 1 aromatic carbocycles. The molecule has 3 heteroatoms. The van der Waals surface area contributed by atoms with Crippen LogP contribution < -0.4 is 0 Å². The Hall–Kier alpha value is -1.35. The summed E-state index contributed by atoms with van der Waals surface area (Å²) in [5.41, 5.74) is 1.15. The second-order valence-electron chi connectivity index (χ2n) is 8.51. The van der Waals surface area contributed by atoms with Crippen LogP contribution in [0.5, 0.6) is 0 Å². The van der Waals surface area contributed by atoms with Crippen molar-refractivity contribution in [3.05, 3.63) is 35.9 Å². The Morgan fingerprint density at radius 1 is 1.00 bits per heavy atom. The molecule has 0 aromatic heterocycles. The summed E-state index contributed by atoms with van der Waals surface area (Å²) in [6.07, 6.45) is 8.68. The molecule has 0 spiro atoms. The third-order valence-corrected chi connectivity index (χ3v) is 6.71. The van der Waals surface area contributed by atoms with Gasteiger partial charge >= 0.3 is 5.97 Å². The molecule has 1 aromatic rings. The van der Waals surface area contributed by atoms with Crippen molar-refractivity contribution in [1.29, 1.82) is 0 Å². The minimum atomic E-state index is -0.0657. The van der Waals surface area contributed by atoms with Crippen molar-refractivity contribution >= 4 is 5.97 Å². The number of rotatable bonds is 4. The number of fused-ring (bicyclic) bond motifs is 2. The van der Waals surface area contributed by atoms with Crippen molar-refractivity contribution in [3.8, 4) is 0 Å². The molecular formula is C22H31NO2. The molecule has 3 aliphatic rings. The van der Waals surface area contributed by atoms with Gasteiger partial charge in [0.25, 0.3) is 0 Å². The van der Waals surface area contributed by atoms with Gasteiger partial charge in [0.2, 0.25) is 0 Å². The van der Waals surface area contributed by atoms with Gasteiger partial charge in [0.05, 0.1) is 5.92 Å². The molecule has 1 saturated heterocycles. The molecular weight excluding hydrogens is 310 g/mol. The van der Waals surface area contributed by atoms with Gasteiger partial charge in [0.15, 0.2) is 0 Å². The smallest absolute Gasteiger partial charge is 0.313 e. The molecule has 0 amide bonds. The number of ether oxygens (including phenoxy) is 1. The number of benzene rings is 1. The van der Waals surface area contributed by atoms with Crippen molar-refractivity contribution < 1.29 is 9.53 Å². The van der Waals surface area contributed by atoms with E-state index in [0.29, 0.717) is 17.8 Å². The molecule has 0 N–H and O–H groups in total. The van der Waals surface area contributed by atoms with E-state index in [0.717, 1.165) is 31.5 Å². The highest BCUT2D eigenvalue weighted by atomic mass is 16.5. The molecule has 2 aliphatic carbocycles. The van der Waals surface area contributed by atoms with Crippen molar-refractivity contribution in [2.24, 2.45) is 17.8 Å². The zero-order valence-electron chi connectivity index (χ0n) is 15.4. The minimum Gasteiger partial charge on any atom is -0.461 e. The lowest BCUT2D eigenvalue weighted by molar-refractivity contribution is -0.166. The maximum atomic E-state index is 13.3. The van der Waals surface area contributed by atoms with Gasteiger partial charge in [-0.1, -0.05) is 49.6 Å². The lowest BCUT2D eigenvalue weighted by Crippen LogP contribution is -2.52. The van der Waals surface area contributed by atoms with Gasteiger partial charge < -0.3 is 9.64 Å². The van der Waals surface area contributed by atoms with Gasteiger partial charge in [-0.2, -0.15) is 0 Å². The lowest BCUT2D eigenvalue weighted by Gasteiger charge is -2.46. The largest absolute Gasteiger partial charge is 0.461 e. The van der Waals surface area contributed by atoms with Crippen LogP contribution >= 0.6 is 0 Å². The third kappa shape index (κ3) is 3.62. The van der Waals surface area contributed by atoms with Crippen LogP contribution in [0.25, 0.3) is 0 Å². The maximum absolute atomic E-state index is 13.3. The van der Waals surface area contributed by atoms with Crippen LogP contribution in [0, 0.1) is 17.8 Å². The van der Waals surface area contributed by atoms with Gasteiger partial charge in [-0.15, -0.1) is 0 Å². The fourth-order valence-corrected chi connectivity index (χ4v) is 5.57. The average molecular weight is 341 g/mol. The minimum absolute atomic E-state index is 0.0459. The van der Waals surface area contributed by atoms with Gasteiger partial charge in [-0.05, 0) is 44.2 Å². The van der Waals surface area contributed by atoms with Gasteiger partial charge in [-0.3, -0.25) is 4.79 Å². The number of nitrogens with zero attached hydrogens (tertiary/aromatic N) is 1. The summed E-state index contributed by atoms with van der Waals surface area (Å²) in [6.45, 7) is 2.15.